The van der Waals surface area contributed by atoms with Gasteiger partial charge in [-0.15, -0.1) is 0 Å². The van der Waals surface area contributed by atoms with E-state index in [2.05, 4.69) is 35.5 Å². The van der Waals surface area contributed by atoms with Crippen molar-refractivity contribution in [1.29, 1.82) is 0 Å². The minimum atomic E-state index is 0.355. The molecule has 2 heterocycles. The fraction of sp³-hybridized carbons (Fsp3) is 0.938. The molecule has 20 heavy (non-hydrogen) atoms. The van der Waals surface area contributed by atoms with Gasteiger partial charge < -0.3 is 14.7 Å². The third kappa shape index (κ3) is 4.19. The molecule has 0 bridgehead atoms. The van der Waals surface area contributed by atoms with Gasteiger partial charge in [-0.1, -0.05) is 20.8 Å². The second-order valence-electron chi connectivity index (χ2n) is 6.66. The standard InChI is InChI=1S/C16H31N3O/c1-4-17-9-11-19(12-10-17)16(20)6-8-18-7-5-15(13-18)14(2)3/h14-15H,4-13H2,1-3H3/t15-/m1/s1. The molecule has 1 atom stereocenters. The first-order chi connectivity index (χ1) is 9.60. The molecule has 0 aromatic carbocycles. The number of hydrogen-bond acceptors (Lipinski definition) is 3. The van der Waals surface area contributed by atoms with E-state index >= 15 is 0 Å². The first-order valence-corrected chi connectivity index (χ1v) is 8.32. The summed E-state index contributed by atoms with van der Waals surface area (Å²) in [4.78, 5) is 19.2. The maximum atomic E-state index is 12.2. The molecule has 116 valence electrons. The van der Waals surface area contributed by atoms with Gasteiger partial charge >= 0.3 is 0 Å². The summed E-state index contributed by atoms with van der Waals surface area (Å²) in [5, 5.41) is 0. The first kappa shape index (κ1) is 15.8. The molecule has 2 aliphatic rings. The summed E-state index contributed by atoms with van der Waals surface area (Å²) in [5.74, 6) is 1.96. The minimum absolute atomic E-state index is 0.355. The molecule has 0 saturated carbocycles. The highest BCUT2D eigenvalue weighted by molar-refractivity contribution is 5.76. The molecular weight excluding hydrogens is 250 g/mol. The molecule has 2 rings (SSSR count). The highest BCUT2D eigenvalue weighted by atomic mass is 16.2. The molecular formula is C16H31N3O. The lowest BCUT2D eigenvalue weighted by molar-refractivity contribution is -0.133. The van der Waals surface area contributed by atoms with Gasteiger partial charge in [-0.25, -0.2) is 0 Å². The van der Waals surface area contributed by atoms with Crippen LogP contribution in [0.4, 0.5) is 0 Å². The maximum Gasteiger partial charge on any atom is 0.223 e. The van der Waals surface area contributed by atoms with Gasteiger partial charge in [0, 0.05) is 45.7 Å². The van der Waals surface area contributed by atoms with Crippen LogP contribution in [0.15, 0.2) is 0 Å². The average molecular weight is 281 g/mol. The summed E-state index contributed by atoms with van der Waals surface area (Å²) >= 11 is 0. The van der Waals surface area contributed by atoms with E-state index in [1.165, 1.54) is 19.5 Å². The summed E-state index contributed by atoms with van der Waals surface area (Å²) in [7, 11) is 0. The van der Waals surface area contributed by atoms with Gasteiger partial charge in [0.2, 0.25) is 5.91 Å². The van der Waals surface area contributed by atoms with Crippen LogP contribution in [-0.2, 0) is 4.79 Å². The fourth-order valence-corrected chi connectivity index (χ4v) is 3.34. The lowest BCUT2D eigenvalue weighted by Crippen LogP contribution is -2.48. The Morgan fingerprint density at radius 2 is 1.80 bits per heavy atom. The van der Waals surface area contributed by atoms with Gasteiger partial charge in [0.25, 0.3) is 0 Å². The number of rotatable bonds is 5. The molecule has 1 amide bonds. The molecule has 0 unspecified atom stereocenters. The Labute approximate surface area is 124 Å². The van der Waals surface area contributed by atoms with E-state index in [0.717, 1.165) is 51.1 Å². The quantitative estimate of drug-likeness (QED) is 0.764. The lowest BCUT2D eigenvalue weighted by Gasteiger charge is -2.34. The molecule has 4 nitrogen and oxygen atoms in total. The summed E-state index contributed by atoms with van der Waals surface area (Å²) in [6.07, 6.45) is 2.01. The summed E-state index contributed by atoms with van der Waals surface area (Å²) in [6, 6.07) is 0. The number of piperazine rings is 1. The van der Waals surface area contributed by atoms with Gasteiger partial charge in [-0.05, 0) is 31.3 Å². The van der Waals surface area contributed by atoms with E-state index < -0.39 is 0 Å². The van der Waals surface area contributed by atoms with Crippen molar-refractivity contribution in [1.82, 2.24) is 14.7 Å². The van der Waals surface area contributed by atoms with Crippen molar-refractivity contribution in [3.8, 4) is 0 Å². The number of likely N-dealkylation sites (N-methyl/N-ethyl adjacent to an activating group) is 1. The zero-order chi connectivity index (χ0) is 14.5. The van der Waals surface area contributed by atoms with Crippen molar-refractivity contribution in [3.63, 3.8) is 0 Å². The van der Waals surface area contributed by atoms with Gasteiger partial charge in [-0.3, -0.25) is 4.79 Å². The van der Waals surface area contributed by atoms with Crippen LogP contribution in [0.1, 0.15) is 33.6 Å². The Morgan fingerprint density at radius 1 is 1.10 bits per heavy atom. The number of likely N-dealkylation sites (tertiary alicyclic amines) is 1. The second-order valence-corrected chi connectivity index (χ2v) is 6.66. The Kier molecular flexibility index (Phi) is 5.85. The summed E-state index contributed by atoms with van der Waals surface area (Å²) < 4.78 is 0. The van der Waals surface area contributed by atoms with Crippen molar-refractivity contribution < 1.29 is 4.79 Å². The van der Waals surface area contributed by atoms with E-state index in [9.17, 15) is 4.79 Å². The van der Waals surface area contributed by atoms with E-state index in [0.29, 0.717) is 12.3 Å². The van der Waals surface area contributed by atoms with Crippen LogP contribution in [0.3, 0.4) is 0 Å². The highest BCUT2D eigenvalue weighted by Gasteiger charge is 2.26. The van der Waals surface area contributed by atoms with Crippen LogP contribution in [0, 0.1) is 11.8 Å². The Hall–Kier alpha value is -0.610. The van der Waals surface area contributed by atoms with Gasteiger partial charge in [0.05, 0.1) is 0 Å². The number of hydrogen-bond donors (Lipinski definition) is 0. The Balaban J connectivity index is 1.66. The topological polar surface area (TPSA) is 26.8 Å². The van der Waals surface area contributed by atoms with E-state index in [1.54, 1.807) is 0 Å². The third-order valence-electron chi connectivity index (χ3n) is 5.07. The number of nitrogens with zero attached hydrogens (tertiary/aromatic N) is 3. The molecule has 0 radical (unpaired) electrons. The van der Waals surface area contributed by atoms with Crippen LogP contribution in [0.25, 0.3) is 0 Å². The molecule has 0 spiro atoms. The molecule has 0 aromatic heterocycles. The van der Waals surface area contributed by atoms with Crippen LogP contribution in [0.2, 0.25) is 0 Å². The van der Waals surface area contributed by atoms with E-state index in [1.807, 2.05) is 0 Å². The molecule has 2 fully saturated rings. The highest BCUT2D eigenvalue weighted by Crippen LogP contribution is 2.23. The monoisotopic (exact) mass is 281 g/mol. The Bertz CT molecular complexity index is 311. The maximum absolute atomic E-state index is 12.2. The van der Waals surface area contributed by atoms with Crippen LogP contribution in [0.5, 0.6) is 0 Å². The predicted molar refractivity (Wildman–Crippen MR) is 82.7 cm³/mol. The molecule has 0 aliphatic carbocycles. The minimum Gasteiger partial charge on any atom is -0.340 e. The van der Waals surface area contributed by atoms with Crippen LogP contribution < -0.4 is 0 Å². The van der Waals surface area contributed by atoms with E-state index in [4.69, 9.17) is 0 Å². The van der Waals surface area contributed by atoms with Crippen LogP contribution in [-0.4, -0.2) is 73.0 Å². The average Bonchev–Trinajstić information content (AvgIpc) is 2.94. The zero-order valence-electron chi connectivity index (χ0n) is 13.5. The summed E-state index contributed by atoms with van der Waals surface area (Å²) in [5.41, 5.74) is 0. The smallest absolute Gasteiger partial charge is 0.223 e. The van der Waals surface area contributed by atoms with Crippen molar-refractivity contribution in [2.45, 2.75) is 33.6 Å². The number of amides is 1. The Morgan fingerprint density at radius 3 is 2.35 bits per heavy atom. The van der Waals surface area contributed by atoms with Crippen molar-refractivity contribution in [2.75, 3.05) is 52.4 Å². The number of carbonyl (C=O) groups is 1. The van der Waals surface area contributed by atoms with Crippen molar-refractivity contribution in [3.05, 3.63) is 0 Å². The molecule has 0 aromatic rings. The largest absolute Gasteiger partial charge is 0.340 e. The summed E-state index contributed by atoms with van der Waals surface area (Å²) in [6.45, 7) is 15.2. The van der Waals surface area contributed by atoms with Gasteiger partial charge in [0.15, 0.2) is 0 Å². The van der Waals surface area contributed by atoms with Crippen molar-refractivity contribution >= 4 is 5.91 Å². The molecule has 2 saturated heterocycles. The first-order valence-electron chi connectivity index (χ1n) is 8.32. The second kappa shape index (κ2) is 7.41. The van der Waals surface area contributed by atoms with Gasteiger partial charge in [-0.2, -0.15) is 0 Å². The predicted octanol–water partition coefficient (Wildman–Crippen LogP) is 1.52. The van der Waals surface area contributed by atoms with Gasteiger partial charge in [0.1, 0.15) is 0 Å². The normalized spacial score (nSPS) is 25.6. The SMILES string of the molecule is CCN1CCN(C(=O)CCN2CC[C@@H](C(C)C)C2)CC1. The fourth-order valence-electron chi connectivity index (χ4n) is 3.34. The molecule has 0 N–H and O–H groups in total. The number of carbonyl (C=O) groups excluding carboxylic acids is 1. The molecule has 4 heteroatoms. The zero-order valence-corrected chi connectivity index (χ0v) is 13.5. The van der Waals surface area contributed by atoms with Crippen LogP contribution >= 0.6 is 0 Å². The van der Waals surface area contributed by atoms with E-state index in [-0.39, 0.29) is 0 Å². The molecule has 2 aliphatic heterocycles. The lowest BCUT2D eigenvalue weighted by atomic mass is 9.95. The third-order valence-corrected chi connectivity index (χ3v) is 5.07. The van der Waals surface area contributed by atoms with Crippen molar-refractivity contribution in [2.24, 2.45) is 11.8 Å².